The minimum absolute atomic E-state index is 0.279. The third kappa shape index (κ3) is 4.47. The summed E-state index contributed by atoms with van der Waals surface area (Å²) in [5, 5.41) is 2.11. The minimum Gasteiger partial charge on any atom is -0.598 e. The van der Waals surface area contributed by atoms with E-state index in [1.54, 1.807) is 6.07 Å². The van der Waals surface area contributed by atoms with Crippen molar-refractivity contribution < 1.29 is 4.55 Å². The molecule has 3 nitrogen and oxygen atoms in total. The summed E-state index contributed by atoms with van der Waals surface area (Å²) in [6.45, 7) is 6.38. The lowest BCUT2D eigenvalue weighted by Crippen LogP contribution is -2.40. The number of pyridine rings is 1. The SMILES string of the molecule is CC(C)(C)[S@@+]([O-])NCCc1cc2cc(Cl)ccc2nc1Cl. The molecule has 0 bridgehead atoms. The molecule has 0 aliphatic carbocycles. The van der Waals surface area contributed by atoms with E-state index in [4.69, 9.17) is 23.2 Å². The predicted octanol–water partition coefficient (Wildman–Crippen LogP) is 4.14. The van der Waals surface area contributed by atoms with Gasteiger partial charge in [-0.2, -0.15) is 0 Å². The summed E-state index contributed by atoms with van der Waals surface area (Å²) < 4.78 is 14.7. The van der Waals surface area contributed by atoms with Gasteiger partial charge in [0.1, 0.15) is 9.90 Å². The lowest BCUT2D eigenvalue weighted by Gasteiger charge is -2.23. The van der Waals surface area contributed by atoms with Gasteiger partial charge >= 0.3 is 0 Å². The van der Waals surface area contributed by atoms with Crippen molar-refractivity contribution in [1.29, 1.82) is 0 Å². The Morgan fingerprint density at radius 2 is 1.95 bits per heavy atom. The number of hydrogen-bond donors (Lipinski definition) is 1. The molecule has 0 saturated heterocycles. The zero-order chi connectivity index (χ0) is 15.6. The third-order valence-corrected chi connectivity index (χ3v) is 5.13. The Hall–Kier alpha value is -0.520. The zero-order valence-electron chi connectivity index (χ0n) is 12.2. The Morgan fingerprint density at radius 1 is 1.24 bits per heavy atom. The van der Waals surface area contributed by atoms with Crippen LogP contribution in [0, 0.1) is 0 Å². The van der Waals surface area contributed by atoms with Gasteiger partial charge in [-0.05, 0) is 57.0 Å². The quantitative estimate of drug-likeness (QED) is 0.669. The van der Waals surface area contributed by atoms with Crippen molar-refractivity contribution in [2.75, 3.05) is 6.54 Å². The van der Waals surface area contributed by atoms with Crippen LogP contribution < -0.4 is 4.72 Å². The topological polar surface area (TPSA) is 48.0 Å². The first-order chi connectivity index (χ1) is 9.77. The molecule has 0 fully saturated rings. The van der Waals surface area contributed by atoms with E-state index in [2.05, 4.69) is 9.71 Å². The Morgan fingerprint density at radius 3 is 2.62 bits per heavy atom. The van der Waals surface area contributed by atoms with Gasteiger partial charge in [0, 0.05) is 28.3 Å². The van der Waals surface area contributed by atoms with E-state index in [9.17, 15) is 4.55 Å². The highest BCUT2D eigenvalue weighted by Gasteiger charge is 2.25. The molecule has 0 saturated carbocycles. The molecule has 0 amide bonds. The molecule has 0 aliphatic heterocycles. The summed E-state index contributed by atoms with van der Waals surface area (Å²) in [7, 11) is 0. The number of nitrogens with one attached hydrogen (secondary N) is 1. The molecule has 1 atom stereocenters. The molecule has 21 heavy (non-hydrogen) atoms. The number of halogens is 2. The van der Waals surface area contributed by atoms with E-state index < -0.39 is 11.4 Å². The van der Waals surface area contributed by atoms with Crippen LogP contribution in [0.25, 0.3) is 10.9 Å². The van der Waals surface area contributed by atoms with Crippen molar-refractivity contribution >= 4 is 45.5 Å². The Kier molecular flexibility index (Phi) is 5.38. The van der Waals surface area contributed by atoms with Crippen LogP contribution in [0.2, 0.25) is 10.2 Å². The molecular weight excluding hydrogens is 327 g/mol. The van der Waals surface area contributed by atoms with E-state index in [1.807, 2.05) is 39.0 Å². The second-order valence-corrected chi connectivity index (χ2v) is 8.65. The molecule has 0 spiro atoms. The van der Waals surface area contributed by atoms with Gasteiger partial charge in [0.2, 0.25) is 0 Å². The van der Waals surface area contributed by atoms with Gasteiger partial charge < -0.3 is 4.55 Å². The molecule has 6 heteroatoms. The van der Waals surface area contributed by atoms with Gasteiger partial charge in [-0.25, -0.2) is 4.98 Å². The summed E-state index contributed by atoms with van der Waals surface area (Å²) >= 11 is 11.1. The van der Waals surface area contributed by atoms with Crippen LogP contribution >= 0.6 is 23.2 Å². The monoisotopic (exact) mass is 344 g/mol. The summed E-state index contributed by atoms with van der Waals surface area (Å²) in [6.07, 6.45) is 0.663. The van der Waals surface area contributed by atoms with Crippen LogP contribution in [0.15, 0.2) is 24.3 Å². The van der Waals surface area contributed by atoms with Crippen LogP contribution in [0.3, 0.4) is 0 Å². The standard InChI is InChI=1S/C15H18Cl2N2OS/c1-15(2,3)21(20)18-7-6-10-8-11-9-12(16)4-5-13(11)19-14(10)17/h4-5,8-9,18H,6-7H2,1-3H3/t21-/m1/s1. The molecule has 2 rings (SSSR count). The summed E-state index contributed by atoms with van der Waals surface area (Å²) in [4.78, 5) is 4.37. The van der Waals surface area contributed by atoms with Gasteiger partial charge in [-0.1, -0.05) is 23.2 Å². The van der Waals surface area contributed by atoms with E-state index in [0.717, 1.165) is 16.5 Å². The fourth-order valence-electron chi connectivity index (χ4n) is 1.84. The smallest absolute Gasteiger partial charge is 0.136 e. The third-order valence-electron chi connectivity index (χ3n) is 2.99. The first-order valence-electron chi connectivity index (χ1n) is 6.67. The predicted molar refractivity (Wildman–Crippen MR) is 91.4 cm³/mol. The highest BCUT2D eigenvalue weighted by Crippen LogP contribution is 2.23. The number of rotatable bonds is 4. The molecular formula is C15H18Cl2N2OS. The number of aromatic nitrogens is 1. The van der Waals surface area contributed by atoms with Crippen molar-refractivity contribution in [3.63, 3.8) is 0 Å². The average Bonchev–Trinajstić information content (AvgIpc) is 2.38. The summed E-state index contributed by atoms with van der Waals surface area (Å²) in [6, 6.07) is 7.49. The van der Waals surface area contributed by atoms with Gasteiger partial charge in [-0.3, -0.25) is 0 Å². The highest BCUT2D eigenvalue weighted by molar-refractivity contribution is 7.90. The van der Waals surface area contributed by atoms with E-state index >= 15 is 0 Å². The zero-order valence-corrected chi connectivity index (χ0v) is 14.6. The average molecular weight is 345 g/mol. The highest BCUT2D eigenvalue weighted by atomic mass is 35.5. The van der Waals surface area contributed by atoms with Crippen molar-refractivity contribution in [2.24, 2.45) is 0 Å². The van der Waals surface area contributed by atoms with Crippen LogP contribution in [-0.2, 0) is 17.8 Å². The Bertz CT molecular complexity index is 643. The lowest BCUT2D eigenvalue weighted by molar-refractivity contribution is 0.544. The molecule has 2 aromatic rings. The summed E-state index contributed by atoms with van der Waals surface area (Å²) in [5.41, 5.74) is 1.74. The maximum Gasteiger partial charge on any atom is 0.136 e. The molecule has 1 heterocycles. The first kappa shape index (κ1) is 16.8. The van der Waals surface area contributed by atoms with Crippen LogP contribution in [0.1, 0.15) is 26.3 Å². The van der Waals surface area contributed by atoms with E-state index in [-0.39, 0.29) is 4.75 Å². The number of hydrogen-bond acceptors (Lipinski definition) is 3. The Labute approximate surface area is 138 Å². The molecule has 0 radical (unpaired) electrons. The minimum atomic E-state index is -1.08. The largest absolute Gasteiger partial charge is 0.598 e. The van der Waals surface area contributed by atoms with Crippen molar-refractivity contribution in [2.45, 2.75) is 31.9 Å². The van der Waals surface area contributed by atoms with Gasteiger partial charge in [0.05, 0.1) is 5.52 Å². The van der Waals surface area contributed by atoms with Gasteiger partial charge in [0.25, 0.3) is 0 Å². The van der Waals surface area contributed by atoms with E-state index in [0.29, 0.717) is 23.1 Å². The van der Waals surface area contributed by atoms with Crippen molar-refractivity contribution in [3.05, 3.63) is 40.0 Å². The second-order valence-electron chi connectivity index (χ2n) is 5.80. The molecule has 114 valence electrons. The molecule has 1 aromatic heterocycles. The number of fused-ring (bicyclic) bond motifs is 1. The van der Waals surface area contributed by atoms with Crippen LogP contribution in [-0.4, -0.2) is 20.8 Å². The van der Waals surface area contributed by atoms with E-state index in [1.165, 1.54) is 0 Å². The Balaban J connectivity index is 2.10. The van der Waals surface area contributed by atoms with Crippen molar-refractivity contribution in [1.82, 2.24) is 9.71 Å². The maximum absolute atomic E-state index is 11.9. The van der Waals surface area contributed by atoms with Crippen LogP contribution in [0.5, 0.6) is 0 Å². The van der Waals surface area contributed by atoms with Gasteiger partial charge in [-0.15, -0.1) is 4.72 Å². The van der Waals surface area contributed by atoms with Crippen molar-refractivity contribution in [3.8, 4) is 0 Å². The normalized spacial score (nSPS) is 13.6. The number of benzene rings is 1. The second kappa shape index (κ2) is 6.71. The van der Waals surface area contributed by atoms with Gasteiger partial charge in [0.15, 0.2) is 0 Å². The first-order valence-corrected chi connectivity index (χ1v) is 8.58. The molecule has 1 N–H and O–H groups in total. The molecule has 1 aromatic carbocycles. The maximum atomic E-state index is 11.9. The lowest BCUT2D eigenvalue weighted by atomic mass is 10.1. The van der Waals surface area contributed by atoms with Crippen LogP contribution in [0.4, 0.5) is 0 Å². The fourth-order valence-corrected chi connectivity index (χ4v) is 2.98. The summed E-state index contributed by atoms with van der Waals surface area (Å²) in [5.74, 6) is 0. The molecule has 0 aliphatic rings. The fraction of sp³-hybridized carbons (Fsp3) is 0.400. The molecule has 0 unspecified atom stereocenters. The number of nitrogens with zero attached hydrogens (tertiary/aromatic N) is 1.